The van der Waals surface area contributed by atoms with Gasteiger partial charge >= 0.3 is 0 Å². The molecular weight excluding hydrogens is 332 g/mol. The van der Waals surface area contributed by atoms with Crippen LogP contribution >= 0.6 is 0 Å². The van der Waals surface area contributed by atoms with Crippen LogP contribution in [-0.2, 0) is 6.54 Å². The Morgan fingerprint density at radius 1 is 0.963 bits per heavy atom. The van der Waals surface area contributed by atoms with E-state index in [0.29, 0.717) is 12.0 Å². The molecule has 0 radical (unpaired) electrons. The van der Waals surface area contributed by atoms with Gasteiger partial charge in [-0.2, -0.15) is 0 Å². The van der Waals surface area contributed by atoms with Crippen molar-refractivity contribution in [3.8, 4) is 5.75 Å². The van der Waals surface area contributed by atoms with Crippen molar-refractivity contribution in [1.29, 1.82) is 0 Å². The van der Waals surface area contributed by atoms with Crippen molar-refractivity contribution in [2.45, 2.75) is 52.1 Å². The number of ether oxygens (including phenoxy) is 1. The molecule has 1 fully saturated rings. The van der Waals surface area contributed by atoms with Crippen molar-refractivity contribution >= 4 is 5.69 Å². The first kappa shape index (κ1) is 19.8. The number of methoxy groups -OCH3 is 1. The van der Waals surface area contributed by atoms with E-state index < -0.39 is 0 Å². The van der Waals surface area contributed by atoms with Gasteiger partial charge in [0.05, 0.1) is 7.11 Å². The summed E-state index contributed by atoms with van der Waals surface area (Å²) in [5.74, 6) is 1.56. The van der Waals surface area contributed by atoms with E-state index in [0.717, 1.165) is 18.7 Å². The van der Waals surface area contributed by atoms with Gasteiger partial charge in [0.25, 0.3) is 0 Å². The van der Waals surface area contributed by atoms with E-state index in [2.05, 4.69) is 60.5 Å². The summed E-state index contributed by atoms with van der Waals surface area (Å²) in [6, 6.07) is 17.7. The maximum Gasteiger partial charge on any atom is 0.118 e. The van der Waals surface area contributed by atoms with Crippen molar-refractivity contribution in [1.82, 2.24) is 5.32 Å². The number of anilines is 1. The topological polar surface area (TPSA) is 24.5 Å². The zero-order chi connectivity index (χ0) is 19.1. The Morgan fingerprint density at radius 2 is 1.67 bits per heavy atom. The molecule has 3 heteroatoms. The number of nitrogens with zero attached hydrogens (tertiary/aromatic N) is 1. The molecule has 1 saturated heterocycles. The zero-order valence-electron chi connectivity index (χ0n) is 17.1. The predicted molar refractivity (Wildman–Crippen MR) is 115 cm³/mol. The first-order valence-corrected chi connectivity index (χ1v) is 10.4. The predicted octanol–water partition coefficient (Wildman–Crippen LogP) is 5.56. The molecule has 1 aliphatic heterocycles. The Hall–Kier alpha value is -2.00. The van der Waals surface area contributed by atoms with Crippen LogP contribution in [0.3, 0.4) is 0 Å². The normalized spacial score (nSPS) is 15.8. The minimum absolute atomic E-state index is 0.366. The van der Waals surface area contributed by atoms with Crippen LogP contribution in [0, 0.1) is 5.92 Å². The van der Waals surface area contributed by atoms with Gasteiger partial charge in [0, 0.05) is 31.4 Å². The van der Waals surface area contributed by atoms with E-state index in [9.17, 15) is 0 Å². The monoisotopic (exact) mass is 366 g/mol. The number of rotatable bonds is 8. The Kier molecular flexibility index (Phi) is 7.17. The molecule has 3 nitrogen and oxygen atoms in total. The van der Waals surface area contributed by atoms with Gasteiger partial charge in [-0.25, -0.2) is 0 Å². The van der Waals surface area contributed by atoms with E-state index >= 15 is 0 Å². The molecule has 1 aliphatic rings. The second-order valence-corrected chi connectivity index (χ2v) is 8.02. The van der Waals surface area contributed by atoms with Crippen LogP contribution in [0.4, 0.5) is 5.69 Å². The Morgan fingerprint density at radius 3 is 2.33 bits per heavy atom. The first-order valence-electron chi connectivity index (χ1n) is 10.4. The lowest BCUT2D eigenvalue weighted by Crippen LogP contribution is -2.32. The summed E-state index contributed by atoms with van der Waals surface area (Å²) in [6.45, 7) is 7.86. The number of hydrogen-bond acceptors (Lipinski definition) is 3. The zero-order valence-corrected chi connectivity index (χ0v) is 17.1. The summed E-state index contributed by atoms with van der Waals surface area (Å²) >= 11 is 0. The van der Waals surface area contributed by atoms with Crippen molar-refractivity contribution in [2.24, 2.45) is 5.92 Å². The first-order chi connectivity index (χ1) is 13.2. The molecule has 0 amide bonds. The molecule has 0 bridgehead atoms. The SMILES string of the molecule is COc1ccc(CN[C@@H](CC(C)C)c2ccccc2N2CCCCC2)cc1. The molecule has 0 unspecified atom stereocenters. The van der Waals surface area contributed by atoms with Crippen molar-refractivity contribution in [2.75, 3.05) is 25.1 Å². The Bertz CT molecular complexity index is 690. The van der Waals surface area contributed by atoms with Crippen LogP contribution in [0.15, 0.2) is 48.5 Å². The highest BCUT2D eigenvalue weighted by Gasteiger charge is 2.20. The molecule has 3 rings (SSSR count). The average molecular weight is 367 g/mol. The van der Waals surface area contributed by atoms with Crippen molar-refractivity contribution in [3.63, 3.8) is 0 Å². The number of benzene rings is 2. The van der Waals surface area contributed by atoms with Gasteiger partial charge in [-0.1, -0.05) is 44.2 Å². The summed E-state index contributed by atoms with van der Waals surface area (Å²) in [6.07, 6.45) is 5.12. The molecule has 1 N–H and O–H groups in total. The number of nitrogens with one attached hydrogen (secondary N) is 1. The van der Waals surface area contributed by atoms with Crippen LogP contribution < -0.4 is 15.0 Å². The average Bonchev–Trinajstić information content (AvgIpc) is 2.72. The summed E-state index contributed by atoms with van der Waals surface area (Å²) in [5.41, 5.74) is 4.16. The Balaban J connectivity index is 1.77. The van der Waals surface area contributed by atoms with Crippen LogP contribution in [-0.4, -0.2) is 20.2 Å². The summed E-state index contributed by atoms with van der Waals surface area (Å²) in [5, 5.41) is 3.83. The largest absolute Gasteiger partial charge is 0.497 e. The maximum atomic E-state index is 5.27. The number of piperidine rings is 1. The van der Waals surface area contributed by atoms with E-state index in [1.807, 2.05) is 12.1 Å². The number of hydrogen-bond donors (Lipinski definition) is 1. The van der Waals surface area contributed by atoms with Gasteiger partial charge in [-0.15, -0.1) is 0 Å². The molecule has 1 heterocycles. The highest BCUT2D eigenvalue weighted by molar-refractivity contribution is 5.55. The summed E-state index contributed by atoms with van der Waals surface area (Å²) < 4.78 is 5.27. The molecule has 0 aromatic heterocycles. The van der Waals surface area contributed by atoms with Crippen LogP contribution in [0.25, 0.3) is 0 Å². The van der Waals surface area contributed by atoms with Crippen molar-refractivity contribution in [3.05, 3.63) is 59.7 Å². The fourth-order valence-corrected chi connectivity index (χ4v) is 3.98. The third-order valence-corrected chi connectivity index (χ3v) is 5.43. The van der Waals surface area contributed by atoms with Gasteiger partial charge in [0.15, 0.2) is 0 Å². The Labute approximate surface area is 164 Å². The highest BCUT2D eigenvalue weighted by atomic mass is 16.5. The minimum atomic E-state index is 0.366. The van der Waals surface area contributed by atoms with Gasteiger partial charge in [-0.05, 0) is 60.9 Å². The third-order valence-electron chi connectivity index (χ3n) is 5.43. The maximum absolute atomic E-state index is 5.27. The van der Waals surface area contributed by atoms with E-state index in [1.54, 1.807) is 7.11 Å². The molecular formula is C24H34N2O. The molecule has 0 saturated carbocycles. The smallest absolute Gasteiger partial charge is 0.118 e. The lowest BCUT2D eigenvalue weighted by atomic mass is 9.94. The van der Waals surface area contributed by atoms with Gasteiger partial charge < -0.3 is 15.0 Å². The van der Waals surface area contributed by atoms with Gasteiger partial charge in [0.1, 0.15) is 5.75 Å². The van der Waals surface area contributed by atoms with Gasteiger partial charge in [0.2, 0.25) is 0 Å². The standard InChI is InChI=1S/C24H34N2O/c1-19(2)17-23(25-18-20-11-13-21(27-3)14-12-20)22-9-5-6-10-24(22)26-15-7-4-8-16-26/h5-6,9-14,19,23,25H,4,7-8,15-18H2,1-3H3/t23-/m0/s1. The quantitative estimate of drug-likeness (QED) is 0.662. The minimum Gasteiger partial charge on any atom is -0.497 e. The number of para-hydroxylation sites is 1. The van der Waals surface area contributed by atoms with Crippen molar-refractivity contribution < 1.29 is 4.74 Å². The van der Waals surface area contributed by atoms with E-state index in [1.165, 1.54) is 49.2 Å². The van der Waals surface area contributed by atoms with Crippen LogP contribution in [0.1, 0.15) is 56.7 Å². The fourth-order valence-electron chi connectivity index (χ4n) is 3.98. The fraction of sp³-hybridized carbons (Fsp3) is 0.500. The second kappa shape index (κ2) is 9.80. The van der Waals surface area contributed by atoms with Crippen LogP contribution in [0.2, 0.25) is 0 Å². The lowest BCUT2D eigenvalue weighted by Gasteiger charge is -2.33. The van der Waals surface area contributed by atoms with Gasteiger partial charge in [-0.3, -0.25) is 0 Å². The molecule has 146 valence electrons. The summed E-state index contributed by atoms with van der Waals surface area (Å²) in [4.78, 5) is 2.58. The highest BCUT2D eigenvalue weighted by Crippen LogP contribution is 2.32. The summed E-state index contributed by atoms with van der Waals surface area (Å²) in [7, 11) is 1.71. The van der Waals surface area contributed by atoms with E-state index in [4.69, 9.17) is 4.74 Å². The lowest BCUT2D eigenvalue weighted by molar-refractivity contribution is 0.413. The van der Waals surface area contributed by atoms with Crippen LogP contribution in [0.5, 0.6) is 5.75 Å². The molecule has 0 aliphatic carbocycles. The molecule has 27 heavy (non-hydrogen) atoms. The molecule has 0 spiro atoms. The second-order valence-electron chi connectivity index (χ2n) is 8.02. The third kappa shape index (κ3) is 5.49. The molecule has 2 aromatic rings. The van der Waals surface area contributed by atoms with E-state index in [-0.39, 0.29) is 0 Å². The molecule has 2 aromatic carbocycles. The molecule has 1 atom stereocenters.